The lowest BCUT2D eigenvalue weighted by Crippen LogP contribution is -2.43. The maximum atomic E-state index is 13.1. The topological polar surface area (TPSA) is 58.4 Å². The fourth-order valence-corrected chi connectivity index (χ4v) is 5.20. The molecule has 4 rings (SSSR count). The summed E-state index contributed by atoms with van der Waals surface area (Å²) in [4.78, 5) is 15.3. The number of aromatic nitrogens is 1. The molecule has 1 aromatic heterocycles. The van der Waals surface area contributed by atoms with E-state index in [2.05, 4.69) is 72.5 Å². The van der Waals surface area contributed by atoms with Crippen molar-refractivity contribution in [1.29, 1.82) is 0 Å². The molecular weight excluding hydrogens is 398 g/mol. The first-order chi connectivity index (χ1) is 15.4. The van der Waals surface area contributed by atoms with Crippen molar-refractivity contribution < 1.29 is 9.32 Å². The van der Waals surface area contributed by atoms with E-state index in [1.807, 2.05) is 0 Å². The molecule has 0 bridgehead atoms. The summed E-state index contributed by atoms with van der Waals surface area (Å²) < 4.78 is 5.59. The summed E-state index contributed by atoms with van der Waals surface area (Å²) in [5, 5.41) is 7.85. The zero-order chi connectivity index (χ0) is 22.6. The number of benzene rings is 1. The maximum Gasteiger partial charge on any atom is 0.222 e. The number of nitrogens with zero attached hydrogens (tertiary/aromatic N) is 2. The van der Waals surface area contributed by atoms with Crippen molar-refractivity contribution in [3.63, 3.8) is 0 Å². The third-order valence-electron chi connectivity index (χ3n) is 7.31. The Morgan fingerprint density at radius 2 is 1.84 bits per heavy atom. The van der Waals surface area contributed by atoms with Crippen LogP contribution in [0.2, 0.25) is 0 Å². The van der Waals surface area contributed by atoms with Crippen LogP contribution in [0.15, 0.2) is 40.9 Å². The quantitative estimate of drug-likeness (QED) is 0.717. The van der Waals surface area contributed by atoms with Crippen LogP contribution in [0.4, 0.5) is 0 Å². The van der Waals surface area contributed by atoms with Crippen molar-refractivity contribution in [1.82, 2.24) is 15.4 Å². The fourth-order valence-electron chi connectivity index (χ4n) is 5.20. The van der Waals surface area contributed by atoms with Crippen molar-refractivity contribution in [2.45, 2.75) is 64.7 Å². The van der Waals surface area contributed by atoms with Crippen LogP contribution < -0.4 is 5.32 Å². The molecule has 0 aliphatic carbocycles. The first-order valence-electron chi connectivity index (χ1n) is 12.4. The number of nitrogens with one attached hydrogen (secondary N) is 1. The van der Waals surface area contributed by atoms with E-state index in [1.54, 1.807) is 0 Å². The van der Waals surface area contributed by atoms with Gasteiger partial charge in [-0.1, -0.05) is 56.3 Å². The van der Waals surface area contributed by atoms with E-state index in [9.17, 15) is 4.79 Å². The van der Waals surface area contributed by atoms with Gasteiger partial charge in [-0.05, 0) is 68.5 Å². The normalized spacial score (nSPS) is 22.8. The van der Waals surface area contributed by atoms with Crippen LogP contribution >= 0.6 is 0 Å². The number of likely N-dealkylation sites (tertiary alicyclic amines) is 1. The molecule has 174 valence electrons. The molecule has 5 nitrogen and oxygen atoms in total. The molecule has 2 aromatic rings. The minimum atomic E-state index is -0.0297. The number of piperidine rings is 2. The van der Waals surface area contributed by atoms with Gasteiger partial charge in [-0.2, -0.15) is 0 Å². The van der Waals surface area contributed by atoms with Crippen molar-refractivity contribution in [3.05, 3.63) is 53.4 Å². The minimum Gasteiger partial charge on any atom is -0.361 e. The SMILES string of the molecule is CC(C)(C)c1cc(CC2CNCCC2CC(=O)N2CCC(Cc3ccccc3)CC2)no1. The molecule has 0 saturated carbocycles. The predicted octanol–water partition coefficient (Wildman–Crippen LogP) is 4.61. The van der Waals surface area contributed by atoms with Gasteiger partial charge >= 0.3 is 0 Å². The third kappa shape index (κ3) is 6.00. The summed E-state index contributed by atoms with van der Waals surface area (Å²) in [5.74, 6) is 2.82. The van der Waals surface area contributed by atoms with Gasteiger partial charge in [0, 0.05) is 31.0 Å². The first-order valence-corrected chi connectivity index (χ1v) is 12.4. The Balaban J connectivity index is 1.28. The number of hydrogen-bond donors (Lipinski definition) is 1. The smallest absolute Gasteiger partial charge is 0.222 e. The molecule has 3 heterocycles. The fraction of sp³-hybridized carbons (Fsp3) is 0.630. The molecular formula is C27H39N3O2. The van der Waals surface area contributed by atoms with Crippen molar-refractivity contribution in [2.75, 3.05) is 26.2 Å². The van der Waals surface area contributed by atoms with Gasteiger partial charge in [0.05, 0.1) is 5.69 Å². The highest BCUT2D eigenvalue weighted by atomic mass is 16.5. The lowest BCUT2D eigenvalue weighted by molar-refractivity contribution is -0.134. The maximum absolute atomic E-state index is 13.1. The van der Waals surface area contributed by atoms with Crippen molar-refractivity contribution in [3.8, 4) is 0 Å². The highest BCUT2D eigenvalue weighted by Gasteiger charge is 2.31. The molecule has 5 heteroatoms. The summed E-state index contributed by atoms with van der Waals surface area (Å²) in [6.45, 7) is 10.2. The Labute approximate surface area is 192 Å². The largest absolute Gasteiger partial charge is 0.361 e. The summed E-state index contributed by atoms with van der Waals surface area (Å²) in [7, 11) is 0. The zero-order valence-corrected chi connectivity index (χ0v) is 20.0. The van der Waals surface area contributed by atoms with Gasteiger partial charge in [0.15, 0.2) is 0 Å². The minimum absolute atomic E-state index is 0.0297. The van der Waals surface area contributed by atoms with Crippen LogP contribution in [-0.4, -0.2) is 42.1 Å². The Morgan fingerprint density at radius 1 is 1.09 bits per heavy atom. The van der Waals surface area contributed by atoms with Crippen LogP contribution in [0, 0.1) is 17.8 Å². The Bertz CT molecular complexity index is 863. The summed E-state index contributed by atoms with van der Waals surface area (Å²) in [6.07, 6.45) is 5.97. The molecule has 0 spiro atoms. The Morgan fingerprint density at radius 3 is 2.53 bits per heavy atom. The molecule has 2 saturated heterocycles. The summed E-state index contributed by atoms with van der Waals surface area (Å²) in [5.41, 5.74) is 2.40. The number of carbonyl (C=O) groups is 1. The molecule has 2 fully saturated rings. The monoisotopic (exact) mass is 437 g/mol. The number of hydrogen-bond acceptors (Lipinski definition) is 4. The second-order valence-corrected chi connectivity index (χ2v) is 10.9. The molecule has 2 unspecified atom stereocenters. The number of rotatable bonds is 6. The van der Waals surface area contributed by atoms with E-state index in [-0.39, 0.29) is 5.41 Å². The molecule has 1 N–H and O–H groups in total. The van der Waals surface area contributed by atoms with Crippen molar-refractivity contribution in [2.24, 2.45) is 17.8 Å². The van der Waals surface area contributed by atoms with Gasteiger partial charge in [0.2, 0.25) is 5.91 Å². The second kappa shape index (κ2) is 10.2. The molecule has 1 amide bonds. The molecule has 2 atom stereocenters. The molecule has 2 aliphatic rings. The molecule has 0 radical (unpaired) electrons. The van der Waals surface area contributed by atoms with E-state index in [0.717, 1.165) is 69.7 Å². The van der Waals surface area contributed by atoms with Gasteiger partial charge in [-0.15, -0.1) is 0 Å². The van der Waals surface area contributed by atoms with Crippen LogP contribution in [0.1, 0.15) is 63.5 Å². The molecule has 32 heavy (non-hydrogen) atoms. The molecule has 1 aromatic carbocycles. The first kappa shape index (κ1) is 23.0. The Hall–Kier alpha value is -2.14. The average molecular weight is 438 g/mol. The lowest BCUT2D eigenvalue weighted by atomic mass is 9.80. The highest BCUT2D eigenvalue weighted by Crippen LogP contribution is 2.30. The van der Waals surface area contributed by atoms with Crippen LogP contribution in [0.3, 0.4) is 0 Å². The van der Waals surface area contributed by atoms with E-state index in [1.165, 1.54) is 5.56 Å². The average Bonchev–Trinajstić information content (AvgIpc) is 3.26. The Kier molecular flexibility index (Phi) is 7.34. The van der Waals surface area contributed by atoms with E-state index >= 15 is 0 Å². The van der Waals surface area contributed by atoms with Crippen LogP contribution in [-0.2, 0) is 23.1 Å². The van der Waals surface area contributed by atoms with Gasteiger partial charge in [-0.25, -0.2) is 0 Å². The predicted molar refractivity (Wildman–Crippen MR) is 127 cm³/mol. The van der Waals surface area contributed by atoms with Gasteiger partial charge < -0.3 is 14.7 Å². The lowest BCUT2D eigenvalue weighted by Gasteiger charge is -2.36. The van der Waals surface area contributed by atoms with Crippen LogP contribution in [0.25, 0.3) is 0 Å². The van der Waals surface area contributed by atoms with Crippen LogP contribution in [0.5, 0.6) is 0 Å². The summed E-state index contributed by atoms with van der Waals surface area (Å²) >= 11 is 0. The van der Waals surface area contributed by atoms with Gasteiger partial charge in [0.25, 0.3) is 0 Å². The second-order valence-electron chi connectivity index (χ2n) is 10.9. The zero-order valence-electron chi connectivity index (χ0n) is 20.0. The third-order valence-corrected chi connectivity index (χ3v) is 7.31. The summed E-state index contributed by atoms with van der Waals surface area (Å²) in [6, 6.07) is 12.8. The van der Waals surface area contributed by atoms with Gasteiger partial charge in [-0.3, -0.25) is 4.79 Å². The van der Waals surface area contributed by atoms with E-state index in [0.29, 0.717) is 30.1 Å². The van der Waals surface area contributed by atoms with Gasteiger partial charge in [0.1, 0.15) is 5.76 Å². The number of carbonyl (C=O) groups excluding carboxylic acids is 1. The van der Waals surface area contributed by atoms with Crippen molar-refractivity contribution >= 4 is 5.91 Å². The standard InChI is InChI=1S/C27H39N3O2/c1-27(2,3)25-18-24(29-32-25)16-23-19-28-12-9-22(23)17-26(31)30-13-10-21(11-14-30)15-20-7-5-4-6-8-20/h4-8,18,21-23,28H,9-17,19H2,1-3H3. The molecule has 2 aliphatic heterocycles. The van der Waals surface area contributed by atoms with E-state index < -0.39 is 0 Å². The highest BCUT2D eigenvalue weighted by molar-refractivity contribution is 5.76. The number of amides is 1. The van der Waals surface area contributed by atoms with E-state index in [4.69, 9.17) is 4.52 Å².